The molecule has 1 heterocycles. The number of amides is 3. The SMILES string of the molecule is CC(NC(=O)OC(C)(C)C)C(=O)NCc1cccc(C(=O)N2CCCC2)c1. The number of ether oxygens (including phenoxy) is 1. The highest BCUT2D eigenvalue weighted by Crippen LogP contribution is 2.14. The Morgan fingerprint density at radius 2 is 1.85 bits per heavy atom. The second-order valence-electron chi connectivity index (χ2n) is 7.79. The summed E-state index contributed by atoms with van der Waals surface area (Å²) in [4.78, 5) is 38.2. The molecule has 1 atom stereocenters. The van der Waals surface area contributed by atoms with Crippen LogP contribution >= 0.6 is 0 Å². The van der Waals surface area contributed by atoms with E-state index in [4.69, 9.17) is 4.74 Å². The van der Waals surface area contributed by atoms with E-state index in [2.05, 4.69) is 10.6 Å². The minimum Gasteiger partial charge on any atom is -0.444 e. The predicted octanol–water partition coefficient (Wildman–Crippen LogP) is 2.45. The van der Waals surface area contributed by atoms with E-state index in [1.807, 2.05) is 17.0 Å². The van der Waals surface area contributed by atoms with E-state index in [9.17, 15) is 14.4 Å². The van der Waals surface area contributed by atoms with Gasteiger partial charge in [0.2, 0.25) is 5.91 Å². The number of nitrogens with zero attached hydrogens (tertiary/aromatic N) is 1. The summed E-state index contributed by atoms with van der Waals surface area (Å²) in [6, 6.07) is 6.53. The van der Waals surface area contributed by atoms with E-state index in [1.165, 1.54) is 0 Å². The van der Waals surface area contributed by atoms with E-state index in [-0.39, 0.29) is 18.4 Å². The Balaban J connectivity index is 1.86. The molecule has 1 saturated heterocycles. The highest BCUT2D eigenvalue weighted by Gasteiger charge is 2.21. The minimum atomic E-state index is -0.728. The molecule has 0 spiro atoms. The number of rotatable bonds is 5. The molecule has 1 fully saturated rings. The van der Waals surface area contributed by atoms with Gasteiger partial charge in [-0.05, 0) is 58.2 Å². The minimum absolute atomic E-state index is 0.0284. The molecule has 2 N–H and O–H groups in total. The van der Waals surface area contributed by atoms with Crippen molar-refractivity contribution in [2.24, 2.45) is 0 Å². The fraction of sp³-hybridized carbons (Fsp3) is 0.550. The molecule has 0 saturated carbocycles. The Morgan fingerprint density at radius 1 is 1.19 bits per heavy atom. The van der Waals surface area contributed by atoms with Crippen molar-refractivity contribution in [1.82, 2.24) is 15.5 Å². The van der Waals surface area contributed by atoms with Crippen LogP contribution in [0.5, 0.6) is 0 Å². The average molecular weight is 375 g/mol. The van der Waals surface area contributed by atoms with Gasteiger partial charge in [-0.1, -0.05) is 12.1 Å². The summed E-state index contributed by atoms with van der Waals surface area (Å²) in [7, 11) is 0. The molecule has 3 amide bonds. The number of alkyl carbamates (subject to hydrolysis) is 1. The van der Waals surface area contributed by atoms with Crippen molar-refractivity contribution >= 4 is 17.9 Å². The van der Waals surface area contributed by atoms with Crippen molar-refractivity contribution in [1.29, 1.82) is 0 Å². The zero-order valence-corrected chi connectivity index (χ0v) is 16.5. The summed E-state index contributed by atoms with van der Waals surface area (Å²) in [5, 5.41) is 5.27. The van der Waals surface area contributed by atoms with Crippen molar-refractivity contribution in [3.05, 3.63) is 35.4 Å². The molecule has 1 aliphatic heterocycles. The molecule has 1 aromatic rings. The molecule has 7 nitrogen and oxygen atoms in total. The Labute approximate surface area is 160 Å². The molecule has 2 rings (SSSR count). The van der Waals surface area contributed by atoms with Crippen molar-refractivity contribution in [2.45, 2.75) is 58.7 Å². The molecule has 27 heavy (non-hydrogen) atoms. The highest BCUT2D eigenvalue weighted by molar-refractivity contribution is 5.94. The van der Waals surface area contributed by atoms with Crippen LogP contribution in [0.15, 0.2) is 24.3 Å². The summed E-state index contributed by atoms with van der Waals surface area (Å²) < 4.78 is 5.14. The summed E-state index contributed by atoms with van der Waals surface area (Å²) in [6.45, 7) is 8.74. The molecule has 1 aromatic carbocycles. The monoisotopic (exact) mass is 375 g/mol. The van der Waals surface area contributed by atoms with Crippen LogP contribution in [0.2, 0.25) is 0 Å². The van der Waals surface area contributed by atoms with Crippen LogP contribution in [0.1, 0.15) is 56.5 Å². The topological polar surface area (TPSA) is 87.7 Å². The van der Waals surface area contributed by atoms with Crippen molar-refractivity contribution < 1.29 is 19.1 Å². The molecule has 1 aliphatic rings. The zero-order chi connectivity index (χ0) is 20.0. The quantitative estimate of drug-likeness (QED) is 0.827. The number of benzene rings is 1. The van der Waals surface area contributed by atoms with Crippen molar-refractivity contribution in [3.8, 4) is 0 Å². The van der Waals surface area contributed by atoms with E-state index in [0.29, 0.717) is 5.56 Å². The molecule has 0 aromatic heterocycles. The molecule has 1 unspecified atom stereocenters. The van der Waals surface area contributed by atoms with E-state index < -0.39 is 17.7 Å². The Morgan fingerprint density at radius 3 is 2.48 bits per heavy atom. The normalized spacial score (nSPS) is 15.2. The number of nitrogens with one attached hydrogen (secondary N) is 2. The van der Waals surface area contributed by atoms with Gasteiger partial charge in [0.05, 0.1) is 0 Å². The number of hydrogen-bond acceptors (Lipinski definition) is 4. The molecule has 0 bridgehead atoms. The van der Waals surface area contributed by atoms with E-state index >= 15 is 0 Å². The summed E-state index contributed by atoms with van der Waals surface area (Å²) in [5.74, 6) is -0.294. The average Bonchev–Trinajstić information content (AvgIpc) is 3.12. The second kappa shape index (κ2) is 8.88. The lowest BCUT2D eigenvalue weighted by Gasteiger charge is -2.21. The fourth-order valence-electron chi connectivity index (χ4n) is 2.81. The van der Waals surface area contributed by atoms with Gasteiger partial charge in [-0.25, -0.2) is 4.79 Å². The first-order valence-electron chi connectivity index (χ1n) is 9.31. The van der Waals surface area contributed by atoms with Crippen LogP contribution < -0.4 is 10.6 Å². The van der Waals surface area contributed by atoms with Crippen LogP contribution in [0.3, 0.4) is 0 Å². The van der Waals surface area contributed by atoms with Crippen LogP contribution in [-0.4, -0.2) is 47.5 Å². The fourth-order valence-corrected chi connectivity index (χ4v) is 2.81. The van der Waals surface area contributed by atoms with Gasteiger partial charge in [-0.3, -0.25) is 9.59 Å². The number of carbonyl (C=O) groups is 3. The third-order valence-electron chi connectivity index (χ3n) is 4.16. The summed E-state index contributed by atoms with van der Waals surface area (Å²) in [5.41, 5.74) is 0.837. The first-order valence-corrected chi connectivity index (χ1v) is 9.31. The Kier molecular flexibility index (Phi) is 6.82. The maximum absolute atomic E-state index is 12.5. The van der Waals surface area contributed by atoms with E-state index in [1.54, 1.807) is 39.8 Å². The third kappa shape index (κ3) is 6.58. The van der Waals surface area contributed by atoms with Gasteiger partial charge in [0.15, 0.2) is 0 Å². The van der Waals surface area contributed by atoms with Crippen LogP contribution in [-0.2, 0) is 16.1 Å². The maximum atomic E-state index is 12.5. The lowest BCUT2D eigenvalue weighted by molar-refractivity contribution is -0.122. The van der Waals surface area contributed by atoms with Gasteiger partial charge in [-0.15, -0.1) is 0 Å². The number of likely N-dealkylation sites (tertiary alicyclic amines) is 1. The Hall–Kier alpha value is -2.57. The van der Waals surface area contributed by atoms with Gasteiger partial charge >= 0.3 is 6.09 Å². The van der Waals surface area contributed by atoms with Crippen molar-refractivity contribution in [3.63, 3.8) is 0 Å². The van der Waals surface area contributed by atoms with Crippen molar-refractivity contribution in [2.75, 3.05) is 13.1 Å². The number of carbonyl (C=O) groups excluding carboxylic acids is 3. The van der Waals surface area contributed by atoms with Crippen LogP contribution in [0.4, 0.5) is 4.79 Å². The van der Waals surface area contributed by atoms with Gasteiger partial charge in [0.1, 0.15) is 11.6 Å². The molecule has 7 heteroatoms. The first kappa shape index (κ1) is 20.7. The lowest BCUT2D eigenvalue weighted by atomic mass is 10.1. The number of hydrogen-bond donors (Lipinski definition) is 2. The smallest absolute Gasteiger partial charge is 0.408 e. The van der Waals surface area contributed by atoms with Gasteiger partial charge in [0.25, 0.3) is 5.91 Å². The molecule has 0 aliphatic carbocycles. The van der Waals surface area contributed by atoms with Gasteiger partial charge in [-0.2, -0.15) is 0 Å². The van der Waals surface area contributed by atoms with Crippen LogP contribution in [0, 0.1) is 0 Å². The first-order chi connectivity index (χ1) is 12.7. The molecular weight excluding hydrogens is 346 g/mol. The standard InChI is InChI=1S/C20H29N3O4/c1-14(22-19(26)27-20(2,3)4)17(24)21-13-15-8-7-9-16(12-15)18(25)23-10-5-6-11-23/h7-9,12,14H,5-6,10-11,13H2,1-4H3,(H,21,24)(H,22,26). The second-order valence-corrected chi connectivity index (χ2v) is 7.79. The lowest BCUT2D eigenvalue weighted by Crippen LogP contribution is -2.46. The summed E-state index contributed by atoms with van der Waals surface area (Å²) >= 11 is 0. The van der Waals surface area contributed by atoms with Gasteiger partial charge < -0.3 is 20.3 Å². The largest absolute Gasteiger partial charge is 0.444 e. The Bertz CT molecular complexity index is 691. The molecular formula is C20H29N3O4. The summed E-state index contributed by atoms with van der Waals surface area (Å²) in [6.07, 6.45) is 1.46. The third-order valence-corrected chi connectivity index (χ3v) is 4.16. The van der Waals surface area contributed by atoms with E-state index in [0.717, 1.165) is 31.5 Å². The predicted molar refractivity (Wildman–Crippen MR) is 102 cm³/mol. The van der Waals surface area contributed by atoms with Crippen LogP contribution in [0.25, 0.3) is 0 Å². The maximum Gasteiger partial charge on any atom is 0.408 e. The molecule has 148 valence electrons. The highest BCUT2D eigenvalue weighted by atomic mass is 16.6. The molecule has 0 radical (unpaired) electrons. The van der Waals surface area contributed by atoms with Gasteiger partial charge in [0, 0.05) is 25.2 Å². The zero-order valence-electron chi connectivity index (χ0n) is 16.5.